The van der Waals surface area contributed by atoms with Crippen LogP contribution in [0.25, 0.3) is 0 Å². The first kappa shape index (κ1) is 44.3. The molecular formula is C48H40F6N2O4. The number of alkyl halides is 6. The van der Waals surface area contributed by atoms with Gasteiger partial charge in [0.25, 0.3) is 0 Å². The number of rotatable bonds is 10. The van der Waals surface area contributed by atoms with E-state index in [-0.39, 0.29) is 9.80 Å². The Morgan fingerprint density at radius 1 is 0.350 bits per heavy atom. The Balaban J connectivity index is 0.000000228. The highest BCUT2D eigenvalue weighted by molar-refractivity contribution is 6.05. The predicted molar refractivity (Wildman–Crippen MR) is 215 cm³/mol. The highest BCUT2D eigenvalue weighted by atomic mass is 19.4. The number of amides is 4. The molecule has 6 aromatic carbocycles. The fourth-order valence-corrected chi connectivity index (χ4v) is 7.29. The Labute approximate surface area is 343 Å². The van der Waals surface area contributed by atoms with Gasteiger partial charge in [-0.3, -0.25) is 29.0 Å². The number of carbonyl (C=O) groups excluding carboxylic acids is 4. The monoisotopic (exact) mass is 822 g/mol. The molecule has 0 aliphatic rings. The summed E-state index contributed by atoms with van der Waals surface area (Å²) in [5.41, 5.74) is -0.411. The van der Waals surface area contributed by atoms with Crippen LogP contribution in [0.4, 0.5) is 26.3 Å². The van der Waals surface area contributed by atoms with Crippen molar-refractivity contribution < 1.29 is 45.5 Å². The third-order valence-electron chi connectivity index (χ3n) is 9.81. The summed E-state index contributed by atoms with van der Waals surface area (Å²) >= 11 is 0. The highest BCUT2D eigenvalue weighted by Crippen LogP contribution is 2.43. The van der Waals surface area contributed by atoms with Crippen LogP contribution in [-0.4, -0.2) is 58.9 Å². The molecule has 0 N–H and O–H groups in total. The largest absolute Gasteiger partial charge is 0.406 e. The Hall–Kier alpha value is -6.82. The molecule has 0 bridgehead atoms. The minimum atomic E-state index is -4.73. The molecule has 6 nitrogen and oxygen atoms in total. The molecule has 0 aromatic heterocycles. The summed E-state index contributed by atoms with van der Waals surface area (Å²) in [6.07, 6.45) is -9.45. The first-order valence-electron chi connectivity index (χ1n) is 18.6. The maximum atomic E-state index is 13.9. The van der Waals surface area contributed by atoms with Gasteiger partial charge in [0.15, 0.2) is 0 Å². The summed E-state index contributed by atoms with van der Waals surface area (Å²) in [5.74, 6) is -3.83. The van der Waals surface area contributed by atoms with Crippen molar-refractivity contribution in [1.29, 1.82) is 0 Å². The van der Waals surface area contributed by atoms with E-state index >= 15 is 0 Å². The van der Waals surface area contributed by atoms with Gasteiger partial charge in [-0.2, -0.15) is 26.3 Å². The van der Waals surface area contributed by atoms with Crippen molar-refractivity contribution in [1.82, 2.24) is 9.80 Å². The molecule has 308 valence electrons. The Morgan fingerprint density at radius 3 is 0.650 bits per heavy atom. The summed E-state index contributed by atoms with van der Waals surface area (Å²) in [5, 5.41) is 0. The molecule has 0 fully saturated rings. The number of hydrogen-bond acceptors (Lipinski definition) is 4. The van der Waals surface area contributed by atoms with Crippen molar-refractivity contribution in [3.8, 4) is 0 Å². The van der Waals surface area contributed by atoms with Crippen LogP contribution in [-0.2, 0) is 30.0 Å². The van der Waals surface area contributed by atoms with E-state index < -0.39 is 59.9 Å². The zero-order valence-electron chi connectivity index (χ0n) is 32.5. The summed E-state index contributed by atoms with van der Waals surface area (Å²) in [6, 6.07) is 51.3. The van der Waals surface area contributed by atoms with Gasteiger partial charge in [0.2, 0.25) is 23.6 Å². The quantitative estimate of drug-likeness (QED) is 0.102. The van der Waals surface area contributed by atoms with Gasteiger partial charge in [0, 0.05) is 13.8 Å². The molecule has 6 aromatic rings. The van der Waals surface area contributed by atoms with Crippen molar-refractivity contribution in [3.05, 3.63) is 215 Å². The van der Waals surface area contributed by atoms with Crippen LogP contribution in [0.5, 0.6) is 0 Å². The number of hydrogen-bond donors (Lipinski definition) is 0. The molecule has 60 heavy (non-hydrogen) atoms. The number of imide groups is 2. The molecule has 4 amide bonds. The van der Waals surface area contributed by atoms with Gasteiger partial charge in [0.1, 0.15) is 23.9 Å². The summed E-state index contributed by atoms with van der Waals surface area (Å²) < 4.78 is 79.7. The molecule has 0 heterocycles. The van der Waals surface area contributed by atoms with Gasteiger partial charge < -0.3 is 0 Å². The van der Waals surface area contributed by atoms with Gasteiger partial charge in [-0.1, -0.05) is 182 Å². The minimum Gasteiger partial charge on any atom is -0.275 e. The van der Waals surface area contributed by atoms with Gasteiger partial charge in [-0.25, -0.2) is 0 Å². The van der Waals surface area contributed by atoms with E-state index in [9.17, 15) is 45.5 Å². The fraction of sp³-hybridized carbons (Fsp3) is 0.167. The van der Waals surface area contributed by atoms with Crippen LogP contribution in [0.2, 0.25) is 0 Å². The summed E-state index contributed by atoms with van der Waals surface area (Å²) in [7, 11) is 0. The fourth-order valence-electron chi connectivity index (χ4n) is 7.29. The van der Waals surface area contributed by atoms with E-state index in [1.165, 1.54) is 0 Å². The molecule has 0 saturated carbocycles. The zero-order chi connectivity index (χ0) is 43.6. The van der Waals surface area contributed by atoms with Crippen molar-refractivity contribution in [3.63, 3.8) is 0 Å². The van der Waals surface area contributed by atoms with Crippen LogP contribution in [0, 0.1) is 0 Å². The lowest BCUT2D eigenvalue weighted by Crippen LogP contribution is -2.52. The van der Waals surface area contributed by atoms with E-state index in [2.05, 4.69) is 0 Å². The Kier molecular flexibility index (Phi) is 13.9. The average molecular weight is 823 g/mol. The number of carbonyl (C=O) groups is 4. The van der Waals surface area contributed by atoms with Crippen LogP contribution in [0.15, 0.2) is 182 Å². The normalized spacial score (nSPS) is 11.7. The maximum Gasteiger partial charge on any atom is 0.406 e. The van der Waals surface area contributed by atoms with Crippen molar-refractivity contribution >= 4 is 23.6 Å². The molecule has 0 aliphatic heterocycles. The molecule has 0 aliphatic carbocycles. The Morgan fingerprint density at radius 2 is 0.517 bits per heavy atom. The lowest BCUT2D eigenvalue weighted by Gasteiger charge is -2.38. The second kappa shape index (κ2) is 18.8. The first-order valence-corrected chi connectivity index (χ1v) is 18.6. The minimum absolute atomic E-state index is 0.285. The molecule has 0 radical (unpaired) electrons. The predicted octanol–water partition coefficient (Wildman–Crippen LogP) is 9.92. The third-order valence-corrected chi connectivity index (χ3v) is 9.81. The van der Waals surface area contributed by atoms with Crippen molar-refractivity contribution in [2.24, 2.45) is 0 Å². The summed E-state index contributed by atoms with van der Waals surface area (Å²) in [4.78, 5) is 52.8. The van der Waals surface area contributed by atoms with Gasteiger partial charge in [0.05, 0.1) is 0 Å². The molecule has 6 rings (SSSR count). The Bertz CT molecular complexity index is 1980. The lowest BCUT2D eigenvalue weighted by atomic mass is 9.68. The number of nitrogens with zero attached hydrogens (tertiary/aromatic N) is 2. The zero-order valence-corrected chi connectivity index (χ0v) is 32.5. The molecule has 0 unspecified atom stereocenters. The number of benzene rings is 6. The second-order valence-corrected chi connectivity index (χ2v) is 13.7. The second-order valence-electron chi connectivity index (χ2n) is 13.7. The van der Waals surface area contributed by atoms with Crippen LogP contribution in [0.1, 0.15) is 47.2 Å². The molecule has 12 heteroatoms. The van der Waals surface area contributed by atoms with Gasteiger partial charge >= 0.3 is 12.4 Å². The SMILES string of the molecule is CC(=O)N(CC(F)(F)F)C(=O)C(c1ccccc1)(c1ccccc1)c1ccccc1.CC(=O)N(CC(F)(F)F)C(=O)C(c1ccccc1)(c1ccccc1)c1ccccc1. The molecule has 0 atom stereocenters. The summed E-state index contributed by atoms with van der Waals surface area (Å²) in [6.45, 7) is -1.38. The number of halogens is 6. The van der Waals surface area contributed by atoms with Crippen molar-refractivity contribution in [2.75, 3.05) is 13.1 Å². The van der Waals surface area contributed by atoms with Gasteiger partial charge in [-0.15, -0.1) is 0 Å². The van der Waals surface area contributed by atoms with E-state index in [0.717, 1.165) is 13.8 Å². The molecular weight excluding hydrogens is 783 g/mol. The third kappa shape index (κ3) is 9.71. The van der Waals surface area contributed by atoms with E-state index in [1.807, 2.05) is 0 Å². The first-order chi connectivity index (χ1) is 28.5. The molecule has 0 spiro atoms. The van der Waals surface area contributed by atoms with Crippen LogP contribution < -0.4 is 0 Å². The van der Waals surface area contributed by atoms with E-state index in [1.54, 1.807) is 182 Å². The standard InChI is InChI=1S/2C24H20F3NO2/c2*1-18(29)28(17-23(25,26)27)22(30)24(19-11-5-2-6-12-19,20-13-7-3-8-14-20)21-15-9-4-10-16-21/h2*2-16H,17H2,1H3. The van der Waals surface area contributed by atoms with E-state index in [0.29, 0.717) is 33.4 Å². The lowest BCUT2D eigenvalue weighted by molar-refractivity contribution is -0.171. The maximum absolute atomic E-state index is 13.9. The molecule has 0 saturated heterocycles. The van der Waals surface area contributed by atoms with Crippen LogP contribution >= 0.6 is 0 Å². The van der Waals surface area contributed by atoms with Gasteiger partial charge in [-0.05, 0) is 33.4 Å². The van der Waals surface area contributed by atoms with E-state index in [4.69, 9.17) is 0 Å². The van der Waals surface area contributed by atoms with Crippen LogP contribution in [0.3, 0.4) is 0 Å². The average Bonchev–Trinajstić information content (AvgIpc) is 3.24. The van der Waals surface area contributed by atoms with Crippen molar-refractivity contribution in [2.45, 2.75) is 37.0 Å². The topological polar surface area (TPSA) is 74.8 Å². The smallest absolute Gasteiger partial charge is 0.275 e. The highest BCUT2D eigenvalue weighted by Gasteiger charge is 2.51.